The average molecular weight is 509 g/mol. The maximum absolute atomic E-state index is 11.7. The molecule has 0 aliphatic heterocycles. The lowest BCUT2D eigenvalue weighted by atomic mass is 9.93. The highest BCUT2D eigenvalue weighted by Gasteiger charge is 2.26. The van der Waals surface area contributed by atoms with Crippen LogP contribution in [0.15, 0.2) is 48.7 Å². The van der Waals surface area contributed by atoms with Gasteiger partial charge in [-0.2, -0.15) is 0 Å². The van der Waals surface area contributed by atoms with Gasteiger partial charge in [-0.15, -0.1) is 5.10 Å². The molecular weight excluding hydrogens is 483 g/mol. The lowest BCUT2D eigenvalue weighted by Gasteiger charge is -2.21. The van der Waals surface area contributed by atoms with Crippen molar-refractivity contribution in [1.82, 2.24) is 20.0 Å². The highest BCUT2D eigenvalue weighted by molar-refractivity contribution is 6.36. The number of pyridine rings is 1. The molecule has 1 N–H and O–H groups in total. The highest BCUT2D eigenvalue weighted by Crippen LogP contribution is 2.43. The minimum atomic E-state index is -0.884. The summed E-state index contributed by atoms with van der Waals surface area (Å²) in [7, 11) is 0. The molecule has 1 fully saturated rings. The second-order valence-electron chi connectivity index (χ2n) is 9.26. The summed E-state index contributed by atoms with van der Waals surface area (Å²) in [4.78, 5) is 16.2. The molecule has 1 saturated carbocycles. The van der Waals surface area contributed by atoms with Gasteiger partial charge >= 0.3 is 5.97 Å². The van der Waals surface area contributed by atoms with Crippen molar-refractivity contribution in [1.29, 1.82) is 0 Å². The number of hydrogen-bond donors (Lipinski definition) is 1. The van der Waals surface area contributed by atoms with Crippen molar-refractivity contribution in [3.8, 4) is 11.3 Å². The molecule has 0 bridgehead atoms. The quantitative estimate of drug-likeness (QED) is 0.296. The Morgan fingerprint density at radius 2 is 1.86 bits per heavy atom. The van der Waals surface area contributed by atoms with E-state index in [-0.39, 0.29) is 6.04 Å². The lowest BCUT2D eigenvalue weighted by molar-refractivity contribution is -0.138. The standard InChI is InChI=1S/C27H26Cl2N4O2/c1-15(27(34)35)18-9-5-6-10-20(18)22-13-24-23(14-30-22)31-32-33(24)16(2)25-21(28)12-11-19(26(25)29)17-7-3-4-8-17/h5-6,9-17H,3-4,7-8H2,1-2H3,(H,34,35)/t15?,16-/m1/s1. The van der Waals surface area contributed by atoms with Gasteiger partial charge in [0.1, 0.15) is 5.52 Å². The van der Waals surface area contributed by atoms with E-state index in [0.717, 1.165) is 35.0 Å². The van der Waals surface area contributed by atoms with Crippen LogP contribution in [-0.2, 0) is 4.79 Å². The SMILES string of the molecule is CC(C(=O)O)c1ccccc1-c1cc2c(cn1)nnn2[C@H](C)c1c(Cl)ccc(C2CCCC2)c1Cl. The van der Waals surface area contributed by atoms with Crippen molar-refractivity contribution in [3.63, 3.8) is 0 Å². The van der Waals surface area contributed by atoms with Crippen molar-refractivity contribution in [2.24, 2.45) is 0 Å². The van der Waals surface area contributed by atoms with Crippen molar-refractivity contribution in [2.45, 2.75) is 57.4 Å². The van der Waals surface area contributed by atoms with Crippen LogP contribution < -0.4 is 0 Å². The Labute approximate surface area is 213 Å². The molecule has 5 rings (SSSR count). The van der Waals surface area contributed by atoms with E-state index in [2.05, 4.69) is 21.4 Å². The number of benzene rings is 2. The van der Waals surface area contributed by atoms with Crippen molar-refractivity contribution in [3.05, 3.63) is 75.4 Å². The fourth-order valence-corrected chi connectivity index (χ4v) is 6.00. The second kappa shape index (κ2) is 9.59. The number of halogens is 2. The molecule has 0 radical (unpaired) electrons. The minimum absolute atomic E-state index is 0.259. The molecule has 0 amide bonds. The predicted molar refractivity (Wildman–Crippen MR) is 138 cm³/mol. The maximum Gasteiger partial charge on any atom is 0.310 e. The Morgan fingerprint density at radius 3 is 2.60 bits per heavy atom. The Balaban J connectivity index is 1.60. The highest BCUT2D eigenvalue weighted by atomic mass is 35.5. The fourth-order valence-electron chi connectivity index (χ4n) is 5.16. The topological polar surface area (TPSA) is 80.9 Å². The van der Waals surface area contributed by atoms with E-state index in [4.69, 9.17) is 23.2 Å². The molecule has 4 aromatic rings. The van der Waals surface area contributed by atoms with Crippen LogP contribution in [0, 0.1) is 0 Å². The first kappa shape index (κ1) is 23.8. The monoisotopic (exact) mass is 508 g/mol. The third-order valence-corrected chi connectivity index (χ3v) is 7.92. The number of carboxylic acid groups (broad SMARTS) is 1. The van der Waals surface area contributed by atoms with Crippen LogP contribution in [0.25, 0.3) is 22.3 Å². The van der Waals surface area contributed by atoms with E-state index < -0.39 is 11.9 Å². The molecule has 1 aliphatic carbocycles. The van der Waals surface area contributed by atoms with E-state index in [9.17, 15) is 9.90 Å². The van der Waals surface area contributed by atoms with Crippen LogP contribution in [-0.4, -0.2) is 31.1 Å². The number of hydrogen-bond acceptors (Lipinski definition) is 4. The third kappa shape index (κ3) is 4.30. The molecule has 2 aromatic carbocycles. The van der Waals surface area contributed by atoms with Crippen molar-refractivity contribution >= 4 is 40.2 Å². The Hall–Kier alpha value is -2.96. The first-order valence-corrected chi connectivity index (χ1v) is 12.6. The number of carbonyl (C=O) groups is 1. The summed E-state index contributed by atoms with van der Waals surface area (Å²) in [6.45, 7) is 3.69. The van der Waals surface area contributed by atoms with Gasteiger partial charge in [0.2, 0.25) is 0 Å². The molecule has 6 nitrogen and oxygen atoms in total. The zero-order chi connectivity index (χ0) is 24.7. The number of aromatic nitrogens is 4. The maximum atomic E-state index is 11.7. The van der Waals surface area contributed by atoms with Crippen LogP contribution in [0.4, 0.5) is 0 Å². The molecule has 0 spiro atoms. The van der Waals surface area contributed by atoms with Gasteiger partial charge in [0.05, 0.1) is 34.4 Å². The van der Waals surface area contributed by atoms with E-state index in [0.29, 0.717) is 32.7 Å². The normalized spacial score (nSPS) is 16.0. The van der Waals surface area contributed by atoms with E-state index in [1.165, 1.54) is 12.8 Å². The Kier molecular flexibility index (Phi) is 6.51. The van der Waals surface area contributed by atoms with Gasteiger partial charge in [0, 0.05) is 16.1 Å². The van der Waals surface area contributed by atoms with E-state index in [1.807, 2.05) is 48.0 Å². The van der Waals surface area contributed by atoms with Crippen LogP contribution in [0.5, 0.6) is 0 Å². The second-order valence-corrected chi connectivity index (χ2v) is 10.0. The van der Waals surface area contributed by atoms with Gasteiger partial charge in [-0.05, 0) is 55.9 Å². The number of fused-ring (bicyclic) bond motifs is 1. The molecular formula is C27H26Cl2N4O2. The van der Waals surface area contributed by atoms with Crippen molar-refractivity contribution < 1.29 is 9.90 Å². The summed E-state index contributed by atoms with van der Waals surface area (Å²) in [5.41, 5.74) is 5.54. The molecule has 0 saturated heterocycles. The van der Waals surface area contributed by atoms with Gasteiger partial charge in [-0.25, -0.2) is 4.68 Å². The van der Waals surface area contributed by atoms with Crippen LogP contribution in [0.1, 0.15) is 74.1 Å². The summed E-state index contributed by atoms with van der Waals surface area (Å²) in [5, 5.41) is 19.6. The van der Waals surface area contributed by atoms with Crippen LogP contribution in [0.2, 0.25) is 10.0 Å². The van der Waals surface area contributed by atoms with Crippen LogP contribution >= 0.6 is 23.2 Å². The molecule has 1 aliphatic rings. The molecule has 1 unspecified atom stereocenters. The fraction of sp³-hybridized carbons (Fsp3) is 0.333. The molecule has 2 atom stereocenters. The number of rotatable bonds is 6. The van der Waals surface area contributed by atoms with E-state index >= 15 is 0 Å². The van der Waals surface area contributed by atoms with Gasteiger partial charge in [-0.1, -0.05) is 71.6 Å². The molecule has 2 heterocycles. The third-order valence-electron chi connectivity index (χ3n) is 7.17. The predicted octanol–water partition coefficient (Wildman–Crippen LogP) is 7.26. The summed E-state index contributed by atoms with van der Waals surface area (Å²) < 4.78 is 1.81. The summed E-state index contributed by atoms with van der Waals surface area (Å²) >= 11 is 13.6. The van der Waals surface area contributed by atoms with E-state index in [1.54, 1.807) is 13.1 Å². The Bertz CT molecular complexity index is 1410. The summed E-state index contributed by atoms with van der Waals surface area (Å²) in [6, 6.07) is 13.1. The van der Waals surface area contributed by atoms with Gasteiger partial charge in [0.25, 0.3) is 0 Å². The smallest absolute Gasteiger partial charge is 0.310 e. The molecule has 35 heavy (non-hydrogen) atoms. The van der Waals surface area contributed by atoms with Gasteiger partial charge in [0.15, 0.2) is 0 Å². The summed E-state index contributed by atoms with van der Waals surface area (Å²) in [5.74, 6) is -1.09. The first-order chi connectivity index (χ1) is 16.9. The zero-order valence-electron chi connectivity index (χ0n) is 19.6. The largest absolute Gasteiger partial charge is 0.481 e. The first-order valence-electron chi connectivity index (χ1n) is 11.9. The minimum Gasteiger partial charge on any atom is -0.481 e. The van der Waals surface area contributed by atoms with Crippen molar-refractivity contribution in [2.75, 3.05) is 0 Å². The number of carboxylic acids is 1. The Morgan fingerprint density at radius 1 is 1.11 bits per heavy atom. The number of aliphatic carboxylic acids is 1. The zero-order valence-corrected chi connectivity index (χ0v) is 21.1. The summed E-state index contributed by atoms with van der Waals surface area (Å²) in [6.07, 6.45) is 6.40. The lowest BCUT2D eigenvalue weighted by Crippen LogP contribution is -2.11. The molecule has 2 aromatic heterocycles. The molecule has 8 heteroatoms. The average Bonchev–Trinajstić information content (AvgIpc) is 3.53. The molecule has 180 valence electrons. The van der Waals surface area contributed by atoms with Crippen LogP contribution in [0.3, 0.4) is 0 Å². The van der Waals surface area contributed by atoms with Gasteiger partial charge in [-0.3, -0.25) is 9.78 Å². The number of nitrogens with zero attached hydrogens (tertiary/aromatic N) is 4. The van der Waals surface area contributed by atoms with Gasteiger partial charge < -0.3 is 5.11 Å².